The van der Waals surface area contributed by atoms with Gasteiger partial charge in [-0.3, -0.25) is 9.59 Å². The van der Waals surface area contributed by atoms with Gasteiger partial charge in [0.15, 0.2) is 5.60 Å². The maximum Gasteiger partial charge on any atom is 0.319 e. The normalized spacial score (nSPS) is 21.3. The summed E-state index contributed by atoms with van der Waals surface area (Å²) < 4.78 is 18.2. The number of hydrogen-bond donors (Lipinski definition) is 2. The predicted molar refractivity (Wildman–Crippen MR) is 80.9 cm³/mol. The van der Waals surface area contributed by atoms with Gasteiger partial charge >= 0.3 is 5.97 Å². The Morgan fingerprint density at radius 2 is 2.22 bits per heavy atom. The van der Waals surface area contributed by atoms with Crippen LogP contribution in [0.5, 0.6) is 0 Å². The average molecular weight is 324 g/mol. The summed E-state index contributed by atoms with van der Waals surface area (Å²) in [6.07, 6.45) is 0.907. The fraction of sp³-hybridized carbons (Fsp3) is 0.500. The molecule has 1 atom stereocenters. The number of carbonyl (C=O) groups is 2. The Bertz CT molecular complexity index is 581. The Balaban J connectivity index is 1.99. The first-order valence-corrected chi connectivity index (χ1v) is 7.49. The van der Waals surface area contributed by atoms with Crippen LogP contribution in [0.1, 0.15) is 18.4 Å². The summed E-state index contributed by atoms with van der Waals surface area (Å²) in [4.78, 5) is 25.0. The van der Waals surface area contributed by atoms with E-state index in [-0.39, 0.29) is 25.5 Å². The van der Waals surface area contributed by atoms with E-state index in [1.54, 1.807) is 18.2 Å². The number of nitrogens with zero attached hydrogens (tertiary/aromatic N) is 1. The van der Waals surface area contributed by atoms with E-state index in [0.29, 0.717) is 24.9 Å². The van der Waals surface area contributed by atoms with Crippen molar-refractivity contribution in [3.8, 4) is 0 Å². The molecule has 0 saturated carbocycles. The van der Waals surface area contributed by atoms with Crippen LogP contribution in [0.15, 0.2) is 24.3 Å². The van der Waals surface area contributed by atoms with E-state index in [1.165, 1.54) is 18.1 Å². The number of nitrogens with one attached hydrogen (secondary N) is 1. The first-order valence-electron chi connectivity index (χ1n) is 7.49. The van der Waals surface area contributed by atoms with Gasteiger partial charge in [0.05, 0.1) is 13.7 Å². The smallest absolute Gasteiger partial charge is 0.319 e. The molecule has 2 rings (SSSR count). The Labute approximate surface area is 134 Å². The van der Waals surface area contributed by atoms with Crippen molar-refractivity contribution in [2.75, 3.05) is 26.7 Å². The molecule has 1 aliphatic heterocycles. The molecule has 1 fully saturated rings. The Morgan fingerprint density at radius 1 is 1.48 bits per heavy atom. The van der Waals surface area contributed by atoms with Crippen molar-refractivity contribution in [2.45, 2.75) is 25.0 Å². The predicted octanol–water partition coefficient (Wildman–Crippen LogP) is 0.442. The van der Waals surface area contributed by atoms with Crippen LogP contribution in [0.25, 0.3) is 0 Å². The number of esters is 1. The number of ether oxygens (including phenoxy) is 1. The summed E-state index contributed by atoms with van der Waals surface area (Å²) in [6, 6.07) is 6.25. The van der Waals surface area contributed by atoms with Crippen LogP contribution in [-0.4, -0.2) is 54.2 Å². The van der Waals surface area contributed by atoms with Gasteiger partial charge in [-0.05, 0) is 18.9 Å². The number of methoxy groups -OCH3 is 1. The molecule has 1 amide bonds. The van der Waals surface area contributed by atoms with Gasteiger partial charge in [0.25, 0.3) is 5.91 Å². The molecule has 0 aromatic heterocycles. The number of rotatable bonds is 6. The van der Waals surface area contributed by atoms with Crippen molar-refractivity contribution >= 4 is 11.9 Å². The molecule has 0 unspecified atom stereocenters. The highest BCUT2D eigenvalue weighted by Crippen LogP contribution is 2.24. The Morgan fingerprint density at radius 3 is 2.91 bits per heavy atom. The number of benzene rings is 1. The van der Waals surface area contributed by atoms with E-state index in [2.05, 4.69) is 10.1 Å². The van der Waals surface area contributed by atoms with E-state index in [1.807, 2.05) is 0 Å². The topological polar surface area (TPSA) is 78.9 Å². The maximum absolute atomic E-state index is 13.7. The van der Waals surface area contributed by atoms with Crippen LogP contribution in [0.2, 0.25) is 0 Å². The minimum absolute atomic E-state index is 0.0469. The summed E-state index contributed by atoms with van der Waals surface area (Å²) in [5.74, 6) is -1.30. The molecule has 0 aliphatic carbocycles. The molecular formula is C16H21FN2O4. The molecule has 6 nitrogen and oxygen atoms in total. The summed E-state index contributed by atoms with van der Waals surface area (Å²) in [6.45, 7) is 0.450. The number of piperidine rings is 1. The number of halogens is 1. The zero-order valence-electron chi connectivity index (χ0n) is 13.0. The van der Waals surface area contributed by atoms with Crippen LogP contribution in [0.3, 0.4) is 0 Å². The van der Waals surface area contributed by atoms with Gasteiger partial charge in [-0.15, -0.1) is 0 Å². The monoisotopic (exact) mass is 324 g/mol. The van der Waals surface area contributed by atoms with Gasteiger partial charge in [0.1, 0.15) is 5.82 Å². The molecule has 2 N–H and O–H groups in total. The summed E-state index contributed by atoms with van der Waals surface area (Å²) in [7, 11) is 1.26. The first-order chi connectivity index (χ1) is 11.0. The lowest BCUT2D eigenvalue weighted by molar-refractivity contribution is -0.157. The number of hydrogen-bond acceptors (Lipinski definition) is 5. The lowest BCUT2D eigenvalue weighted by atomic mass is 9.91. The zero-order valence-corrected chi connectivity index (χ0v) is 13.0. The van der Waals surface area contributed by atoms with Gasteiger partial charge in [0.2, 0.25) is 0 Å². The number of carbonyl (C=O) groups excluding carboxylic acids is 2. The molecule has 0 radical (unpaired) electrons. The molecule has 0 spiro atoms. The van der Waals surface area contributed by atoms with Crippen LogP contribution < -0.4 is 5.32 Å². The van der Waals surface area contributed by atoms with Crippen LogP contribution in [0.4, 0.5) is 4.39 Å². The fourth-order valence-corrected chi connectivity index (χ4v) is 2.66. The van der Waals surface area contributed by atoms with Gasteiger partial charge in [-0.2, -0.15) is 0 Å². The van der Waals surface area contributed by atoms with Crippen molar-refractivity contribution < 1.29 is 23.8 Å². The number of aliphatic hydroxyl groups is 1. The van der Waals surface area contributed by atoms with Crippen LogP contribution in [0, 0.1) is 5.82 Å². The third-order valence-corrected chi connectivity index (χ3v) is 3.94. The van der Waals surface area contributed by atoms with Crippen LogP contribution >= 0.6 is 0 Å². The highest BCUT2D eigenvalue weighted by Gasteiger charge is 2.42. The summed E-state index contributed by atoms with van der Waals surface area (Å²) >= 11 is 0. The molecule has 7 heteroatoms. The second kappa shape index (κ2) is 7.52. The quantitative estimate of drug-likeness (QED) is 0.743. The second-order valence-electron chi connectivity index (χ2n) is 5.63. The van der Waals surface area contributed by atoms with Gasteiger partial charge < -0.3 is 20.1 Å². The minimum Gasteiger partial charge on any atom is -0.468 e. The third kappa shape index (κ3) is 4.27. The van der Waals surface area contributed by atoms with Crippen molar-refractivity contribution in [2.24, 2.45) is 0 Å². The molecule has 0 bridgehead atoms. The van der Waals surface area contributed by atoms with E-state index in [4.69, 9.17) is 0 Å². The lowest BCUT2D eigenvalue weighted by Gasteiger charge is -2.38. The van der Waals surface area contributed by atoms with E-state index in [9.17, 15) is 19.1 Å². The van der Waals surface area contributed by atoms with Gasteiger partial charge in [-0.25, -0.2) is 4.39 Å². The van der Waals surface area contributed by atoms with Crippen molar-refractivity contribution in [1.82, 2.24) is 10.2 Å². The standard InChI is InChI=1S/C16H21FN2O4/c1-23-14(20)9-18-11-16(22)7-4-8-19(15(16)21)10-12-5-2-3-6-13(12)17/h2-3,5-6,18,22H,4,7-11H2,1H3/t16-/m0/s1. The molecule has 1 aromatic carbocycles. The highest BCUT2D eigenvalue weighted by atomic mass is 19.1. The second-order valence-corrected chi connectivity index (χ2v) is 5.63. The fourth-order valence-electron chi connectivity index (χ4n) is 2.66. The maximum atomic E-state index is 13.7. The van der Waals surface area contributed by atoms with E-state index < -0.39 is 17.5 Å². The largest absolute Gasteiger partial charge is 0.468 e. The zero-order chi connectivity index (χ0) is 16.9. The highest BCUT2D eigenvalue weighted by molar-refractivity contribution is 5.86. The molecule has 1 aliphatic rings. The molecule has 23 heavy (non-hydrogen) atoms. The van der Waals surface area contributed by atoms with Gasteiger partial charge in [0, 0.05) is 25.2 Å². The lowest BCUT2D eigenvalue weighted by Crippen LogP contribution is -2.58. The summed E-state index contributed by atoms with van der Waals surface area (Å²) in [5, 5.41) is 13.3. The SMILES string of the molecule is COC(=O)CNC[C@@]1(O)CCCN(Cc2ccccc2F)C1=O. The van der Waals surface area contributed by atoms with Crippen LogP contribution in [-0.2, 0) is 20.9 Å². The third-order valence-electron chi connectivity index (χ3n) is 3.94. The van der Waals surface area contributed by atoms with Crippen molar-refractivity contribution in [1.29, 1.82) is 0 Å². The molecule has 1 saturated heterocycles. The van der Waals surface area contributed by atoms with Crippen molar-refractivity contribution in [3.63, 3.8) is 0 Å². The van der Waals surface area contributed by atoms with Crippen molar-refractivity contribution in [3.05, 3.63) is 35.6 Å². The number of amides is 1. The Kier molecular flexibility index (Phi) is 5.68. The minimum atomic E-state index is -1.59. The molecule has 1 heterocycles. The number of likely N-dealkylation sites (tertiary alicyclic amines) is 1. The van der Waals surface area contributed by atoms with E-state index >= 15 is 0 Å². The first kappa shape index (κ1) is 17.4. The molecule has 1 aromatic rings. The average Bonchev–Trinajstić information content (AvgIpc) is 2.54. The van der Waals surface area contributed by atoms with E-state index in [0.717, 1.165) is 0 Å². The Hall–Kier alpha value is -1.99. The molecule has 126 valence electrons. The van der Waals surface area contributed by atoms with Gasteiger partial charge in [-0.1, -0.05) is 18.2 Å². The molecular weight excluding hydrogens is 303 g/mol. The summed E-state index contributed by atoms with van der Waals surface area (Å²) in [5.41, 5.74) is -1.18.